The summed E-state index contributed by atoms with van der Waals surface area (Å²) >= 11 is 0. The normalized spacial score (nSPS) is 17.1. The maximum absolute atomic E-state index is 11.0. The van der Waals surface area contributed by atoms with Crippen molar-refractivity contribution in [3.05, 3.63) is 35.9 Å². The lowest BCUT2D eigenvalue weighted by molar-refractivity contribution is -0.179. The van der Waals surface area contributed by atoms with Crippen LogP contribution in [0.4, 0.5) is 0 Å². The number of oxime groups is 1. The van der Waals surface area contributed by atoms with Gasteiger partial charge >= 0.3 is 17.5 Å². The number of carboxylic acids is 2. The van der Waals surface area contributed by atoms with Gasteiger partial charge in [0.1, 0.15) is 0 Å². The first-order valence-corrected chi connectivity index (χ1v) is 4.83. The summed E-state index contributed by atoms with van der Waals surface area (Å²) in [5.41, 5.74) is -1.34. The molecule has 0 amide bonds. The first kappa shape index (κ1) is 11.1. The summed E-state index contributed by atoms with van der Waals surface area (Å²) in [6.07, 6.45) is -0.290. The van der Waals surface area contributed by atoms with Crippen molar-refractivity contribution in [3.8, 4) is 0 Å². The molecule has 0 aliphatic carbocycles. The fourth-order valence-corrected chi connectivity index (χ4v) is 1.54. The Morgan fingerprint density at radius 3 is 2.24 bits per heavy atom. The van der Waals surface area contributed by atoms with Crippen LogP contribution in [0, 0.1) is 0 Å². The maximum atomic E-state index is 11.0. The number of carboxylic acid groups (broad SMARTS) is 2. The highest BCUT2D eigenvalue weighted by Crippen LogP contribution is 2.27. The number of benzene rings is 1. The molecule has 1 aliphatic heterocycles. The van der Waals surface area contributed by atoms with Gasteiger partial charge in [-0.15, -0.1) is 0 Å². The van der Waals surface area contributed by atoms with E-state index >= 15 is 0 Å². The fourth-order valence-electron chi connectivity index (χ4n) is 1.54. The number of rotatable bonds is 3. The summed E-state index contributed by atoms with van der Waals surface area (Å²) in [5.74, 6) is -3.11. The van der Waals surface area contributed by atoms with E-state index in [9.17, 15) is 9.59 Å². The second kappa shape index (κ2) is 3.89. The number of aliphatic carboxylic acids is 2. The zero-order chi connectivity index (χ0) is 12.5. The molecular weight excluding hydrogens is 226 g/mol. The van der Waals surface area contributed by atoms with Gasteiger partial charge in [-0.3, -0.25) is 0 Å². The van der Waals surface area contributed by atoms with Crippen molar-refractivity contribution >= 4 is 17.7 Å². The van der Waals surface area contributed by atoms with Crippen LogP contribution >= 0.6 is 0 Å². The Kier molecular flexibility index (Phi) is 2.55. The van der Waals surface area contributed by atoms with E-state index in [1.807, 2.05) is 0 Å². The minimum atomic E-state index is -2.30. The van der Waals surface area contributed by atoms with Gasteiger partial charge in [-0.1, -0.05) is 35.5 Å². The Labute approximate surface area is 96.1 Å². The van der Waals surface area contributed by atoms with Crippen molar-refractivity contribution in [2.45, 2.75) is 12.0 Å². The summed E-state index contributed by atoms with van der Waals surface area (Å²) in [6.45, 7) is 0. The monoisotopic (exact) mass is 235 g/mol. The standard InChI is InChI=1S/C11H9NO5/c13-9(14)11(10(15)16)6-8(12-17-11)7-4-2-1-3-5-7/h1-5H,6H2,(H,13,14)(H,15,16). The molecule has 6 nitrogen and oxygen atoms in total. The molecule has 0 saturated heterocycles. The van der Waals surface area contributed by atoms with Crippen LogP contribution in [0.3, 0.4) is 0 Å². The SMILES string of the molecule is O=C(O)C1(C(=O)O)CC(c2ccccc2)=NO1. The van der Waals surface area contributed by atoms with Crippen molar-refractivity contribution in [2.75, 3.05) is 0 Å². The van der Waals surface area contributed by atoms with Gasteiger partial charge in [0, 0.05) is 0 Å². The highest BCUT2D eigenvalue weighted by Gasteiger charge is 2.54. The third-order valence-electron chi connectivity index (χ3n) is 2.53. The molecule has 2 rings (SSSR count). The van der Waals surface area contributed by atoms with E-state index in [4.69, 9.17) is 10.2 Å². The Morgan fingerprint density at radius 1 is 1.18 bits per heavy atom. The Morgan fingerprint density at radius 2 is 1.76 bits per heavy atom. The lowest BCUT2D eigenvalue weighted by Gasteiger charge is -2.15. The molecule has 0 fully saturated rings. The van der Waals surface area contributed by atoms with Crippen molar-refractivity contribution in [2.24, 2.45) is 5.16 Å². The topological polar surface area (TPSA) is 96.2 Å². The predicted octanol–water partition coefficient (Wildman–Crippen LogP) is 0.719. The minimum Gasteiger partial charge on any atom is -0.478 e. The fraction of sp³-hybridized carbons (Fsp3) is 0.182. The molecule has 1 aromatic rings. The molecule has 1 heterocycles. The van der Waals surface area contributed by atoms with Crippen LogP contribution in [-0.4, -0.2) is 33.5 Å². The van der Waals surface area contributed by atoms with Gasteiger partial charge in [-0.2, -0.15) is 0 Å². The average molecular weight is 235 g/mol. The molecule has 2 N–H and O–H groups in total. The van der Waals surface area contributed by atoms with Crippen LogP contribution in [0.5, 0.6) is 0 Å². The zero-order valence-electron chi connectivity index (χ0n) is 8.66. The van der Waals surface area contributed by atoms with Crippen LogP contribution in [-0.2, 0) is 14.4 Å². The minimum absolute atomic E-state index is 0.290. The largest absolute Gasteiger partial charge is 0.478 e. The van der Waals surface area contributed by atoms with E-state index in [-0.39, 0.29) is 6.42 Å². The smallest absolute Gasteiger partial charge is 0.363 e. The average Bonchev–Trinajstić information content (AvgIpc) is 2.76. The molecule has 17 heavy (non-hydrogen) atoms. The summed E-state index contributed by atoms with van der Waals surface area (Å²) in [5, 5.41) is 21.4. The van der Waals surface area contributed by atoms with Crippen LogP contribution in [0.1, 0.15) is 12.0 Å². The Hall–Kier alpha value is -2.37. The summed E-state index contributed by atoms with van der Waals surface area (Å²) < 4.78 is 0. The molecule has 0 spiro atoms. The first-order valence-electron chi connectivity index (χ1n) is 4.83. The molecule has 0 radical (unpaired) electrons. The van der Waals surface area contributed by atoms with Crippen LogP contribution < -0.4 is 0 Å². The second-order valence-corrected chi connectivity index (χ2v) is 3.61. The van der Waals surface area contributed by atoms with E-state index in [0.29, 0.717) is 11.3 Å². The van der Waals surface area contributed by atoms with Crippen molar-refractivity contribution < 1.29 is 24.6 Å². The van der Waals surface area contributed by atoms with Crippen molar-refractivity contribution in [1.29, 1.82) is 0 Å². The van der Waals surface area contributed by atoms with Crippen LogP contribution in [0.2, 0.25) is 0 Å². The molecule has 0 atom stereocenters. The third kappa shape index (κ3) is 1.73. The number of carbonyl (C=O) groups is 2. The van der Waals surface area contributed by atoms with E-state index in [1.165, 1.54) is 0 Å². The predicted molar refractivity (Wildman–Crippen MR) is 56.7 cm³/mol. The van der Waals surface area contributed by atoms with Gasteiger partial charge in [0.05, 0.1) is 12.1 Å². The van der Waals surface area contributed by atoms with Gasteiger partial charge in [-0.05, 0) is 5.56 Å². The molecule has 0 unspecified atom stereocenters. The molecule has 0 bridgehead atoms. The molecule has 0 aromatic heterocycles. The van der Waals surface area contributed by atoms with Gasteiger partial charge in [0.25, 0.3) is 0 Å². The molecule has 1 aromatic carbocycles. The highest BCUT2D eigenvalue weighted by atomic mass is 16.7. The molecule has 6 heteroatoms. The van der Waals surface area contributed by atoms with Crippen LogP contribution in [0.25, 0.3) is 0 Å². The van der Waals surface area contributed by atoms with Gasteiger partial charge in [0.15, 0.2) is 0 Å². The second-order valence-electron chi connectivity index (χ2n) is 3.61. The lowest BCUT2D eigenvalue weighted by atomic mass is 9.94. The quantitative estimate of drug-likeness (QED) is 0.752. The van der Waals surface area contributed by atoms with E-state index in [0.717, 1.165) is 0 Å². The zero-order valence-corrected chi connectivity index (χ0v) is 8.66. The van der Waals surface area contributed by atoms with E-state index < -0.39 is 17.5 Å². The van der Waals surface area contributed by atoms with Crippen LogP contribution in [0.15, 0.2) is 35.5 Å². The third-order valence-corrected chi connectivity index (χ3v) is 2.53. The maximum Gasteiger partial charge on any atom is 0.363 e. The number of hydrogen-bond donors (Lipinski definition) is 2. The van der Waals surface area contributed by atoms with Gasteiger partial charge in [-0.25, -0.2) is 9.59 Å². The molecule has 0 saturated carbocycles. The Balaban J connectivity index is 2.29. The van der Waals surface area contributed by atoms with Gasteiger partial charge < -0.3 is 15.1 Å². The molecular formula is C11H9NO5. The van der Waals surface area contributed by atoms with Crippen molar-refractivity contribution in [3.63, 3.8) is 0 Å². The summed E-state index contributed by atoms with van der Waals surface area (Å²) in [6, 6.07) is 8.71. The number of hydrogen-bond acceptors (Lipinski definition) is 4. The summed E-state index contributed by atoms with van der Waals surface area (Å²) in [4.78, 5) is 26.5. The van der Waals surface area contributed by atoms with E-state index in [1.54, 1.807) is 30.3 Å². The highest BCUT2D eigenvalue weighted by molar-refractivity contribution is 6.12. The molecule has 88 valence electrons. The lowest BCUT2D eigenvalue weighted by Crippen LogP contribution is -2.46. The first-order chi connectivity index (χ1) is 8.06. The molecule has 1 aliphatic rings. The van der Waals surface area contributed by atoms with Gasteiger partial charge in [0.2, 0.25) is 0 Å². The Bertz CT molecular complexity index is 480. The summed E-state index contributed by atoms with van der Waals surface area (Å²) in [7, 11) is 0. The van der Waals surface area contributed by atoms with E-state index in [2.05, 4.69) is 9.99 Å². The number of nitrogens with zero attached hydrogens (tertiary/aromatic N) is 1. The van der Waals surface area contributed by atoms with Crippen molar-refractivity contribution in [1.82, 2.24) is 0 Å².